The first-order valence-electron chi connectivity index (χ1n) is 9.72. The predicted molar refractivity (Wildman–Crippen MR) is 113 cm³/mol. The maximum Gasteiger partial charge on any atom is 0.271 e. The predicted octanol–water partition coefficient (Wildman–Crippen LogP) is 1.68. The van der Waals surface area contributed by atoms with Crippen LogP contribution in [-0.4, -0.2) is 32.0 Å². The molecular formula is C22H18FN5O4. The quantitative estimate of drug-likeness (QED) is 0.473. The third-order valence-electron chi connectivity index (χ3n) is 4.59. The fraction of sp³-hybridized carbons (Fsp3) is 0.136. The van der Waals surface area contributed by atoms with Gasteiger partial charge in [-0.25, -0.2) is 13.8 Å². The highest BCUT2D eigenvalue weighted by Crippen LogP contribution is 2.14. The largest absolute Gasteiger partial charge is 0.463 e. The van der Waals surface area contributed by atoms with E-state index in [0.29, 0.717) is 17.0 Å². The molecule has 0 spiro atoms. The summed E-state index contributed by atoms with van der Waals surface area (Å²) in [5, 5.41) is 11.0. The highest BCUT2D eigenvalue weighted by Gasteiger charge is 2.11. The summed E-state index contributed by atoms with van der Waals surface area (Å²) in [6.07, 6.45) is 1.51. The number of benzene rings is 1. The lowest BCUT2D eigenvalue weighted by Gasteiger charge is -2.09. The van der Waals surface area contributed by atoms with Crippen LogP contribution in [0.5, 0.6) is 0 Å². The van der Waals surface area contributed by atoms with Crippen molar-refractivity contribution in [3.8, 4) is 11.5 Å². The summed E-state index contributed by atoms with van der Waals surface area (Å²) in [7, 11) is 0. The van der Waals surface area contributed by atoms with Gasteiger partial charge in [-0.2, -0.15) is 10.2 Å². The minimum Gasteiger partial charge on any atom is -0.463 e. The number of rotatable bonds is 7. The molecule has 1 amide bonds. The summed E-state index contributed by atoms with van der Waals surface area (Å²) < 4.78 is 20.7. The van der Waals surface area contributed by atoms with Gasteiger partial charge in [-0.1, -0.05) is 12.1 Å². The van der Waals surface area contributed by atoms with E-state index in [1.165, 1.54) is 53.4 Å². The van der Waals surface area contributed by atoms with Gasteiger partial charge in [0.15, 0.2) is 5.76 Å². The standard InChI is InChI=1S/C22H18FN5O4/c23-16-5-3-15(4-6-16)14-28-21(30)10-8-18(26-28)22(31)24-11-12-27-20(29)9-7-17(25-27)19-2-1-13-32-19/h1-10,13H,11-12,14H2,(H,24,31). The molecule has 0 radical (unpaired) electrons. The van der Waals surface area contributed by atoms with Crippen molar-refractivity contribution in [3.05, 3.63) is 105 Å². The number of carbonyl (C=O) groups is 1. The summed E-state index contributed by atoms with van der Waals surface area (Å²) in [6.45, 7) is 0.347. The Morgan fingerprint density at radius 1 is 0.938 bits per heavy atom. The Morgan fingerprint density at radius 3 is 2.44 bits per heavy atom. The van der Waals surface area contributed by atoms with Crippen LogP contribution in [0.1, 0.15) is 16.1 Å². The first kappa shape index (κ1) is 20.9. The lowest BCUT2D eigenvalue weighted by Crippen LogP contribution is -2.34. The van der Waals surface area contributed by atoms with Crippen molar-refractivity contribution in [2.24, 2.45) is 0 Å². The van der Waals surface area contributed by atoms with Gasteiger partial charge in [0, 0.05) is 18.7 Å². The molecule has 3 heterocycles. The Bertz CT molecular complexity index is 1340. The minimum atomic E-state index is -0.506. The zero-order chi connectivity index (χ0) is 22.5. The molecule has 32 heavy (non-hydrogen) atoms. The molecule has 0 saturated carbocycles. The maximum absolute atomic E-state index is 13.1. The Balaban J connectivity index is 1.41. The molecule has 4 rings (SSSR count). The van der Waals surface area contributed by atoms with E-state index < -0.39 is 11.5 Å². The van der Waals surface area contributed by atoms with E-state index in [4.69, 9.17) is 4.42 Å². The number of aromatic nitrogens is 4. The van der Waals surface area contributed by atoms with Crippen molar-refractivity contribution in [3.63, 3.8) is 0 Å². The van der Waals surface area contributed by atoms with Crippen molar-refractivity contribution >= 4 is 5.91 Å². The minimum absolute atomic E-state index is 0.0383. The van der Waals surface area contributed by atoms with E-state index in [-0.39, 0.29) is 36.7 Å². The van der Waals surface area contributed by atoms with Gasteiger partial charge in [0.2, 0.25) is 0 Å². The van der Waals surface area contributed by atoms with Crippen molar-refractivity contribution in [1.29, 1.82) is 0 Å². The second-order valence-electron chi connectivity index (χ2n) is 6.85. The van der Waals surface area contributed by atoms with E-state index in [2.05, 4.69) is 15.5 Å². The summed E-state index contributed by atoms with van der Waals surface area (Å²) >= 11 is 0. The molecule has 0 atom stereocenters. The van der Waals surface area contributed by atoms with Crippen LogP contribution in [-0.2, 0) is 13.1 Å². The summed E-state index contributed by atoms with van der Waals surface area (Å²) in [4.78, 5) is 36.6. The molecule has 0 aliphatic carbocycles. The van der Waals surface area contributed by atoms with Crippen LogP contribution in [0.25, 0.3) is 11.5 Å². The van der Waals surface area contributed by atoms with E-state index >= 15 is 0 Å². The van der Waals surface area contributed by atoms with E-state index in [9.17, 15) is 18.8 Å². The third-order valence-corrected chi connectivity index (χ3v) is 4.59. The van der Waals surface area contributed by atoms with Crippen molar-refractivity contribution < 1.29 is 13.6 Å². The monoisotopic (exact) mass is 435 g/mol. The molecule has 4 aromatic rings. The molecule has 0 aliphatic rings. The van der Waals surface area contributed by atoms with E-state index in [1.54, 1.807) is 18.2 Å². The Hall–Kier alpha value is -4.34. The normalized spacial score (nSPS) is 10.8. The molecule has 1 aromatic carbocycles. The molecule has 0 bridgehead atoms. The Morgan fingerprint density at radius 2 is 1.69 bits per heavy atom. The van der Waals surface area contributed by atoms with Crippen LogP contribution in [0.4, 0.5) is 4.39 Å². The smallest absolute Gasteiger partial charge is 0.271 e. The van der Waals surface area contributed by atoms with Crippen LogP contribution < -0.4 is 16.4 Å². The number of hydrogen-bond acceptors (Lipinski definition) is 6. The molecule has 0 saturated heterocycles. The highest BCUT2D eigenvalue weighted by atomic mass is 19.1. The molecular weight excluding hydrogens is 417 g/mol. The summed E-state index contributed by atoms with van der Waals surface area (Å²) in [5.74, 6) is -0.367. The topological polar surface area (TPSA) is 112 Å². The Labute approximate surface area is 180 Å². The van der Waals surface area contributed by atoms with E-state index in [1.807, 2.05) is 0 Å². The third kappa shape index (κ3) is 4.86. The average molecular weight is 435 g/mol. The van der Waals surface area contributed by atoms with Crippen LogP contribution in [0, 0.1) is 5.82 Å². The summed E-state index contributed by atoms with van der Waals surface area (Å²) in [6, 6.07) is 14.6. The molecule has 1 N–H and O–H groups in total. The van der Waals surface area contributed by atoms with Crippen molar-refractivity contribution in [1.82, 2.24) is 24.9 Å². The molecule has 0 unspecified atom stereocenters. The number of nitrogens with one attached hydrogen (secondary N) is 1. The number of hydrogen-bond donors (Lipinski definition) is 1. The fourth-order valence-electron chi connectivity index (χ4n) is 2.98. The SMILES string of the molecule is O=C(NCCn1nc(-c2ccco2)ccc1=O)c1ccc(=O)n(Cc2ccc(F)cc2)n1. The molecule has 10 heteroatoms. The van der Waals surface area contributed by atoms with Gasteiger partial charge in [-0.05, 0) is 42.0 Å². The van der Waals surface area contributed by atoms with Gasteiger partial charge in [0.05, 0.1) is 19.4 Å². The van der Waals surface area contributed by atoms with Gasteiger partial charge >= 0.3 is 0 Å². The molecule has 3 aromatic heterocycles. The van der Waals surface area contributed by atoms with E-state index in [0.717, 1.165) is 4.68 Å². The van der Waals surface area contributed by atoms with Gasteiger partial charge < -0.3 is 9.73 Å². The molecule has 9 nitrogen and oxygen atoms in total. The maximum atomic E-state index is 13.1. The van der Waals surface area contributed by atoms with Crippen molar-refractivity contribution in [2.75, 3.05) is 6.54 Å². The van der Waals surface area contributed by atoms with Gasteiger partial charge in [-0.15, -0.1) is 0 Å². The number of nitrogens with zero attached hydrogens (tertiary/aromatic N) is 4. The lowest BCUT2D eigenvalue weighted by molar-refractivity contribution is 0.0944. The zero-order valence-corrected chi connectivity index (χ0v) is 16.8. The second kappa shape index (κ2) is 9.21. The fourth-order valence-corrected chi connectivity index (χ4v) is 2.98. The summed E-state index contributed by atoms with van der Waals surface area (Å²) in [5.41, 5.74) is 0.490. The Kier molecular flexibility index (Phi) is 6.02. The number of carbonyl (C=O) groups excluding carboxylic acids is 1. The van der Waals surface area contributed by atoms with Crippen LogP contribution in [0.15, 0.2) is 80.9 Å². The first-order valence-corrected chi connectivity index (χ1v) is 9.72. The first-order chi connectivity index (χ1) is 15.5. The van der Waals surface area contributed by atoms with Crippen LogP contribution in [0.3, 0.4) is 0 Å². The zero-order valence-electron chi connectivity index (χ0n) is 16.8. The van der Waals surface area contributed by atoms with Crippen molar-refractivity contribution in [2.45, 2.75) is 13.1 Å². The second-order valence-corrected chi connectivity index (χ2v) is 6.85. The van der Waals surface area contributed by atoms with Crippen LogP contribution >= 0.6 is 0 Å². The van der Waals surface area contributed by atoms with Gasteiger partial charge in [0.1, 0.15) is 17.2 Å². The molecule has 162 valence electrons. The van der Waals surface area contributed by atoms with Crippen LogP contribution in [0.2, 0.25) is 0 Å². The molecule has 0 fully saturated rings. The highest BCUT2D eigenvalue weighted by molar-refractivity contribution is 5.91. The van der Waals surface area contributed by atoms with Gasteiger partial charge in [0.25, 0.3) is 17.0 Å². The number of halogens is 1. The number of amides is 1. The molecule has 0 aliphatic heterocycles. The number of furan rings is 1. The lowest BCUT2D eigenvalue weighted by atomic mass is 10.2. The average Bonchev–Trinajstić information content (AvgIpc) is 3.33. The van der Waals surface area contributed by atoms with Gasteiger partial charge in [-0.3, -0.25) is 14.4 Å².